The van der Waals surface area contributed by atoms with E-state index >= 15 is 0 Å². The number of alkyl halides is 3. The fraction of sp³-hybridized carbons (Fsp3) is 0.632. The maximum atomic E-state index is 13.5. The van der Waals surface area contributed by atoms with Gasteiger partial charge in [0.05, 0.1) is 13.1 Å². The van der Waals surface area contributed by atoms with Crippen LogP contribution < -0.4 is 10.6 Å². The number of hydrogen-bond acceptors (Lipinski definition) is 2. The number of benzene rings is 1. The second kappa shape index (κ2) is 9.60. The van der Waals surface area contributed by atoms with Crippen LogP contribution in [-0.4, -0.2) is 55.8 Å². The standard InChI is InChI=1S/C19H26F4N4.HI/c1-2-24-17(26-16-6-9-27(11-16)13-19(21,22)23)25-12-18(7-8-18)14-4-3-5-15(20)10-14;/h3-5,10,16H,2,6-9,11-13H2,1H3,(H2,24,25,26);1H. The van der Waals surface area contributed by atoms with E-state index < -0.39 is 12.7 Å². The first kappa shape index (κ1) is 23.2. The quantitative estimate of drug-likeness (QED) is 0.264. The first-order valence-electron chi connectivity index (χ1n) is 9.40. The van der Waals surface area contributed by atoms with E-state index in [1.807, 2.05) is 13.0 Å². The summed E-state index contributed by atoms with van der Waals surface area (Å²) in [5.74, 6) is 0.363. The molecule has 4 nitrogen and oxygen atoms in total. The molecule has 0 spiro atoms. The van der Waals surface area contributed by atoms with Gasteiger partial charge in [0.2, 0.25) is 0 Å². The number of rotatable bonds is 6. The first-order valence-corrected chi connectivity index (χ1v) is 9.40. The average Bonchev–Trinajstić information content (AvgIpc) is 3.27. The van der Waals surface area contributed by atoms with Crippen LogP contribution in [0.1, 0.15) is 31.7 Å². The van der Waals surface area contributed by atoms with Crippen molar-refractivity contribution >= 4 is 29.9 Å². The molecule has 9 heteroatoms. The van der Waals surface area contributed by atoms with Crippen LogP contribution in [0.2, 0.25) is 0 Å². The third-order valence-corrected chi connectivity index (χ3v) is 5.19. The molecule has 1 aliphatic carbocycles. The summed E-state index contributed by atoms with van der Waals surface area (Å²) >= 11 is 0. The summed E-state index contributed by atoms with van der Waals surface area (Å²) < 4.78 is 51.1. The Labute approximate surface area is 180 Å². The Balaban J connectivity index is 0.00000280. The lowest BCUT2D eigenvalue weighted by molar-refractivity contribution is -0.143. The highest BCUT2D eigenvalue weighted by Gasteiger charge is 2.44. The molecular weight excluding hydrogens is 487 g/mol. The van der Waals surface area contributed by atoms with Gasteiger partial charge < -0.3 is 10.6 Å². The zero-order valence-corrected chi connectivity index (χ0v) is 18.2. The lowest BCUT2D eigenvalue weighted by Crippen LogP contribution is -2.45. The van der Waals surface area contributed by atoms with Crippen molar-refractivity contribution in [3.63, 3.8) is 0 Å². The summed E-state index contributed by atoms with van der Waals surface area (Å²) in [7, 11) is 0. The Morgan fingerprint density at radius 1 is 1.32 bits per heavy atom. The number of likely N-dealkylation sites (tertiary alicyclic amines) is 1. The second-order valence-electron chi connectivity index (χ2n) is 7.47. The molecule has 1 aromatic rings. The van der Waals surface area contributed by atoms with Gasteiger partial charge in [0, 0.05) is 31.1 Å². The van der Waals surface area contributed by atoms with Crippen LogP contribution in [0.15, 0.2) is 29.3 Å². The number of guanidine groups is 1. The van der Waals surface area contributed by atoms with Gasteiger partial charge in [0.15, 0.2) is 5.96 Å². The van der Waals surface area contributed by atoms with Gasteiger partial charge in [-0.05, 0) is 43.9 Å². The molecule has 1 atom stereocenters. The molecule has 1 saturated carbocycles. The van der Waals surface area contributed by atoms with E-state index in [4.69, 9.17) is 0 Å². The van der Waals surface area contributed by atoms with Crippen LogP contribution in [0.25, 0.3) is 0 Å². The van der Waals surface area contributed by atoms with Crippen molar-refractivity contribution in [2.24, 2.45) is 4.99 Å². The van der Waals surface area contributed by atoms with Gasteiger partial charge in [-0.3, -0.25) is 9.89 Å². The highest BCUT2D eigenvalue weighted by molar-refractivity contribution is 14.0. The van der Waals surface area contributed by atoms with Crippen molar-refractivity contribution in [2.75, 3.05) is 32.7 Å². The largest absolute Gasteiger partial charge is 0.401 e. The summed E-state index contributed by atoms with van der Waals surface area (Å²) in [5, 5.41) is 6.41. The van der Waals surface area contributed by atoms with Crippen LogP contribution in [0, 0.1) is 5.82 Å². The van der Waals surface area contributed by atoms with E-state index in [-0.39, 0.29) is 41.3 Å². The minimum Gasteiger partial charge on any atom is -0.357 e. The van der Waals surface area contributed by atoms with E-state index in [1.54, 1.807) is 12.1 Å². The number of nitrogens with zero attached hydrogens (tertiary/aromatic N) is 2. The Kier molecular flexibility index (Phi) is 7.95. The summed E-state index contributed by atoms with van der Waals surface area (Å²) in [6.07, 6.45) is -1.60. The highest BCUT2D eigenvalue weighted by Crippen LogP contribution is 2.48. The molecule has 1 aromatic carbocycles. The Morgan fingerprint density at radius 3 is 2.68 bits per heavy atom. The molecule has 3 rings (SSSR count). The predicted molar refractivity (Wildman–Crippen MR) is 113 cm³/mol. The zero-order valence-electron chi connectivity index (χ0n) is 15.9. The number of hydrogen-bond donors (Lipinski definition) is 2. The van der Waals surface area contributed by atoms with E-state index in [1.165, 1.54) is 11.0 Å². The molecular formula is C19H27F4IN4. The summed E-state index contributed by atoms with van der Waals surface area (Å²) in [6, 6.07) is 6.58. The predicted octanol–water partition coefficient (Wildman–Crippen LogP) is 3.67. The van der Waals surface area contributed by atoms with Gasteiger partial charge in [-0.1, -0.05) is 12.1 Å². The molecule has 158 valence electrons. The van der Waals surface area contributed by atoms with E-state index in [2.05, 4.69) is 15.6 Å². The SMILES string of the molecule is CCNC(=NCC1(c2cccc(F)c2)CC1)NC1CCN(CC(F)(F)F)C1.I. The third-order valence-electron chi connectivity index (χ3n) is 5.19. The van der Waals surface area contributed by atoms with Crippen LogP contribution in [-0.2, 0) is 5.41 Å². The highest BCUT2D eigenvalue weighted by atomic mass is 127. The molecule has 0 radical (unpaired) electrons. The lowest BCUT2D eigenvalue weighted by atomic mass is 9.96. The Bertz CT molecular complexity index is 676. The van der Waals surface area contributed by atoms with Gasteiger partial charge in [-0.25, -0.2) is 4.39 Å². The molecule has 1 unspecified atom stereocenters. The summed E-state index contributed by atoms with van der Waals surface area (Å²) in [4.78, 5) is 6.06. The molecule has 1 saturated heterocycles. The average molecular weight is 514 g/mol. The van der Waals surface area contributed by atoms with Crippen molar-refractivity contribution in [3.8, 4) is 0 Å². The number of halogens is 5. The molecule has 2 fully saturated rings. The normalized spacial score (nSPS) is 21.9. The van der Waals surface area contributed by atoms with Gasteiger partial charge in [-0.15, -0.1) is 24.0 Å². The van der Waals surface area contributed by atoms with Crippen LogP contribution >= 0.6 is 24.0 Å². The van der Waals surface area contributed by atoms with Gasteiger partial charge in [-0.2, -0.15) is 13.2 Å². The Hall–Kier alpha value is -1.10. The Morgan fingerprint density at radius 2 is 2.07 bits per heavy atom. The second-order valence-corrected chi connectivity index (χ2v) is 7.47. The van der Waals surface area contributed by atoms with Gasteiger partial charge in [0.25, 0.3) is 0 Å². The minimum absolute atomic E-state index is 0. The molecule has 0 amide bonds. The van der Waals surface area contributed by atoms with Crippen molar-refractivity contribution in [2.45, 2.75) is 43.8 Å². The molecule has 2 aliphatic rings. The number of aliphatic imine (C=N–C) groups is 1. The zero-order chi connectivity index (χ0) is 19.5. The first-order chi connectivity index (χ1) is 12.8. The van der Waals surface area contributed by atoms with Gasteiger partial charge >= 0.3 is 6.18 Å². The topological polar surface area (TPSA) is 39.7 Å². The van der Waals surface area contributed by atoms with E-state index in [9.17, 15) is 17.6 Å². The fourth-order valence-electron chi connectivity index (χ4n) is 3.60. The van der Waals surface area contributed by atoms with E-state index in [0.717, 1.165) is 18.4 Å². The minimum atomic E-state index is -4.17. The van der Waals surface area contributed by atoms with Crippen LogP contribution in [0.5, 0.6) is 0 Å². The van der Waals surface area contributed by atoms with Crippen molar-refractivity contribution in [1.29, 1.82) is 0 Å². The molecule has 2 N–H and O–H groups in total. The van der Waals surface area contributed by atoms with Crippen molar-refractivity contribution in [1.82, 2.24) is 15.5 Å². The monoisotopic (exact) mass is 514 g/mol. The third kappa shape index (κ3) is 6.47. The maximum Gasteiger partial charge on any atom is 0.401 e. The molecule has 1 heterocycles. The van der Waals surface area contributed by atoms with E-state index in [0.29, 0.717) is 38.6 Å². The van der Waals surface area contributed by atoms with Gasteiger partial charge in [0.1, 0.15) is 5.82 Å². The van der Waals surface area contributed by atoms with Crippen LogP contribution in [0.3, 0.4) is 0 Å². The molecule has 28 heavy (non-hydrogen) atoms. The van der Waals surface area contributed by atoms with Crippen molar-refractivity contribution in [3.05, 3.63) is 35.6 Å². The smallest absolute Gasteiger partial charge is 0.357 e. The van der Waals surface area contributed by atoms with Crippen LogP contribution in [0.4, 0.5) is 17.6 Å². The summed E-state index contributed by atoms with van der Waals surface area (Å²) in [5.41, 5.74) is 0.835. The molecule has 0 aromatic heterocycles. The fourth-order valence-corrected chi connectivity index (χ4v) is 3.60. The summed E-state index contributed by atoms with van der Waals surface area (Å²) in [6.45, 7) is 3.04. The van der Waals surface area contributed by atoms with Crippen molar-refractivity contribution < 1.29 is 17.6 Å². The number of nitrogens with one attached hydrogen (secondary N) is 2. The molecule has 1 aliphatic heterocycles. The maximum absolute atomic E-state index is 13.5. The molecule has 0 bridgehead atoms. The lowest BCUT2D eigenvalue weighted by Gasteiger charge is -2.20.